The summed E-state index contributed by atoms with van der Waals surface area (Å²) in [7, 11) is 3.27. The molecule has 0 bridgehead atoms. The van der Waals surface area contributed by atoms with Gasteiger partial charge in [-0.1, -0.05) is 60.7 Å². The third-order valence-corrected chi connectivity index (χ3v) is 9.98. The summed E-state index contributed by atoms with van der Waals surface area (Å²) in [6, 6.07) is 19.2. The summed E-state index contributed by atoms with van der Waals surface area (Å²) in [6.45, 7) is 3.06. The van der Waals surface area contributed by atoms with Crippen molar-refractivity contribution in [3.8, 4) is 0 Å². The minimum atomic E-state index is -0.935. The van der Waals surface area contributed by atoms with Gasteiger partial charge in [0.15, 0.2) is 17.7 Å². The highest BCUT2D eigenvalue weighted by molar-refractivity contribution is 5.83. The van der Waals surface area contributed by atoms with Crippen LogP contribution in [0.2, 0.25) is 0 Å². The van der Waals surface area contributed by atoms with Crippen molar-refractivity contribution in [2.24, 2.45) is 17.6 Å². The van der Waals surface area contributed by atoms with E-state index in [9.17, 15) is 24.0 Å². The molecule has 3 N–H and O–H groups in total. The van der Waals surface area contributed by atoms with Crippen molar-refractivity contribution in [3.05, 3.63) is 71.8 Å². The first-order valence-corrected chi connectivity index (χ1v) is 20.3. The van der Waals surface area contributed by atoms with Gasteiger partial charge in [-0.2, -0.15) is 0 Å². The summed E-state index contributed by atoms with van der Waals surface area (Å²) >= 11 is 0. The van der Waals surface area contributed by atoms with E-state index < -0.39 is 12.1 Å². The lowest BCUT2D eigenvalue weighted by molar-refractivity contribution is -0.157. The molecule has 0 unspecified atom stereocenters. The first-order chi connectivity index (χ1) is 28.1. The molecular formula is C44H63NO13. The monoisotopic (exact) mass is 813 g/mol. The van der Waals surface area contributed by atoms with Crippen LogP contribution in [0.1, 0.15) is 88.2 Å². The third kappa shape index (κ3) is 20.1. The number of methoxy groups -OCH3 is 2. The molecule has 3 aliphatic rings. The van der Waals surface area contributed by atoms with Crippen LogP contribution in [0.25, 0.3) is 0 Å². The Hall–Kier alpha value is -4.05. The highest BCUT2D eigenvalue weighted by Crippen LogP contribution is 2.24. The van der Waals surface area contributed by atoms with Crippen LogP contribution in [0, 0.1) is 11.8 Å². The number of carboxylic acid groups (broad SMARTS) is 1. The molecule has 3 fully saturated rings. The summed E-state index contributed by atoms with van der Waals surface area (Å²) in [5.41, 5.74) is 7.59. The number of carboxylic acids is 1. The minimum absolute atomic E-state index is 0.0499. The average molecular weight is 814 g/mol. The fourth-order valence-corrected chi connectivity index (χ4v) is 6.58. The number of esters is 2. The van der Waals surface area contributed by atoms with Gasteiger partial charge in [-0.05, 0) is 74.3 Å². The molecule has 0 amide bonds. The van der Waals surface area contributed by atoms with Gasteiger partial charge in [-0.25, -0.2) is 4.79 Å². The number of Topliss-reactive ketones (excluding diaryl/α,β-unsaturated/α-hetero) is 2. The van der Waals surface area contributed by atoms with Crippen molar-refractivity contribution in [3.63, 3.8) is 0 Å². The molecular weight excluding hydrogens is 750 g/mol. The summed E-state index contributed by atoms with van der Waals surface area (Å²) in [5, 5.41) is 8.80. The third-order valence-electron chi connectivity index (χ3n) is 9.98. The van der Waals surface area contributed by atoms with Crippen LogP contribution in [-0.4, -0.2) is 106 Å². The van der Waals surface area contributed by atoms with E-state index in [0.29, 0.717) is 78.2 Å². The van der Waals surface area contributed by atoms with E-state index in [4.69, 9.17) is 44.0 Å². The molecule has 3 aliphatic heterocycles. The van der Waals surface area contributed by atoms with Gasteiger partial charge in [0.1, 0.15) is 25.4 Å². The van der Waals surface area contributed by atoms with E-state index in [1.54, 1.807) is 14.2 Å². The molecule has 5 rings (SSSR count). The van der Waals surface area contributed by atoms with E-state index in [0.717, 1.165) is 43.2 Å². The van der Waals surface area contributed by atoms with Gasteiger partial charge in [0.05, 0.1) is 32.7 Å². The Morgan fingerprint density at radius 3 is 1.38 bits per heavy atom. The summed E-state index contributed by atoms with van der Waals surface area (Å²) < 4.78 is 36.5. The van der Waals surface area contributed by atoms with E-state index in [1.807, 2.05) is 60.7 Å². The van der Waals surface area contributed by atoms with Gasteiger partial charge in [-0.15, -0.1) is 0 Å². The van der Waals surface area contributed by atoms with Crippen LogP contribution in [0.4, 0.5) is 0 Å². The zero-order valence-electron chi connectivity index (χ0n) is 34.1. The lowest BCUT2D eigenvalue weighted by atomic mass is 9.93. The highest BCUT2D eigenvalue weighted by Gasteiger charge is 2.29. The summed E-state index contributed by atoms with van der Waals surface area (Å²) in [5.74, 6) is -0.903. The van der Waals surface area contributed by atoms with E-state index in [1.165, 1.54) is 0 Å². The Kier molecular flexibility index (Phi) is 23.6. The number of rotatable bonds is 19. The van der Waals surface area contributed by atoms with Crippen LogP contribution in [-0.2, 0) is 70.3 Å². The molecule has 6 atom stereocenters. The number of nitrogens with two attached hydrogens (primary N) is 1. The van der Waals surface area contributed by atoms with Gasteiger partial charge in [0.2, 0.25) is 0 Å². The molecule has 3 heterocycles. The van der Waals surface area contributed by atoms with E-state index in [-0.39, 0.29) is 66.6 Å². The molecule has 0 radical (unpaired) electrons. The maximum atomic E-state index is 12.0. The van der Waals surface area contributed by atoms with Gasteiger partial charge >= 0.3 is 17.9 Å². The fraction of sp³-hybridized carbons (Fsp3) is 0.614. The van der Waals surface area contributed by atoms with E-state index in [2.05, 4.69) is 0 Å². The van der Waals surface area contributed by atoms with Crippen molar-refractivity contribution in [2.75, 3.05) is 47.3 Å². The Bertz CT molecular complexity index is 1470. The standard InChI is InChI=1S/C19H26O5.C15H18O5.C10H19NO3/c1-22-11-5-8-17(20)18-10-9-16(14-23-18)12-19(21)24-13-15-6-3-2-4-7-15;16-14(20-9-11-4-2-1-3-5-11)8-12-6-7-13(15(17)18)19-10-12;1-13-6-2-3-9(12)10-5-4-8(11)7-14-10/h2-4,6-7,16,18H,5,8-14H2,1H3;1-5,12-13H,6-10H2,(H,17,18);8,10H,2-7,11H2,1H3/t16-,18-;12-,13-;8-,10+/m001/s1. The molecule has 0 aromatic heterocycles. The second-order valence-corrected chi connectivity index (χ2v) is 14.9. The Labute approximate surface area is 342 Å². The van der Waals surface area contributed by atoms with Crippen LogP contribution < -0.4 is 5.73 Å². The Morgan fingerprint density at radius 1 is 0.603 bits per heavy atom. The fourth-order valence-electron chi connectivity index (χ4n) is 6.58. The number of hydrogen-bond donors (Lipinski definition) is 2. The van der Waals surface area contributed by atoms with Crippen LogP contribution in [0.15, 0.2) is 60.7 Å². The molecule has 2 aromatic carbocycles. The number of ketones is 2. The largest absolute Gasteiger partial charge is 0.479 e. The second kappa shape index (κ2) is 28.4. The lowest BCUT2D eigenvalue weighted by Gasteiger charge is -2.27. The smallest absolute Gasteiger partial charge is 0.332 e. The summed E-state index contributed by atoms with van der Waals surface area (Å²) in [4.78, 5) is 57.9. The molecule has 0 saturated carbocycles. The first-order valence-electron chi connectivity index (χ1n) is 20.3. The molecule has 322 valence electrons. The van der Waals surface area contributed by atoms with Crippen molar-refractivity contribution in [1.82, 2.24) is 0 Å². The molecule has 14 nitrogen and oxygen atoms in total. The van der Waals surface area contributed by atoms with Gasteiger partial charge < -0.3 is 44.0 Å². The normalized spacial score (nSPS) is 22.8. The number of carbonyl (C=O) groups excluding carboxylic acids is 4. The van der Waals surface area contributed by atoms with E-state index >= 15 is 0 Å². The van der Waals surface area contributed by atoms with Crippen LogP contribution in [0.3, 0.4) is 0 Å². The molecule has 58 heavy (non-hydrogen) atoms. The van der Waals surface area contributed by atoms with Crippen molar-refractivity contribution >= 4 is 29.5 Å². The number of hydrogen-bond acceptors (Lipinski definition) is 13. The van der Waals surface area contributed by atoms with Crippen molar-refractivity contribution in [1.29, 1.82) is 0 Å². The predicted molar refractivity (Wildman–Crippen MR) is 213 cm³/mol. The molecule has 14 heteroatoms. The molecule has 3 saturated heterocycles. The minimum Gasteiger partial charge on any atom is -0.479 e. The number of aliphatic carboxylic acids is 1. The Balaban J connectivity index is 0.000000241. The van der Waals surface area contributed by atoms with Crippen molar-refractivity contribution in [2.45, 2.75) is 115 Å². The number of carbonyl (C=O) groups is 5. The number of benzene rings is 2. The quantitative estimate of drug-likeness (QED) is 0.135. The summed E-state index contributed by atoms with van der Waals surface area (Å²) in [6.07, 6.45) is 6.19. The first kappa shape index (κ1) is 48.3. The predicted octanol–water partition coefficient (Wildman–Crippen LogP) is 5.40. The zero-order valence-corrected chi connectivity index (χ0v) is 34.1. The zero-order chi connectivity index (χ0) is 42.0. The maximum absolute atomic E-state index is 12.0. The van der Waals surface area contributed by atoms with Crippen LogP contribution in [0.5, 0.6) is 0 Å². The molecule has 2 aromatic rings. The molecule has 0 spiro atoms. The number of ether oxygens (including phenoxy) is 7. The SMILES string of the molecule is COCCCC(=O)[C@@H]1CC[C@@H](CC(=O)OCc2ccccc2)CO1.COCCCC(=O)[C@@H]1CC[C@@H](N)CO1.O=C(C[C@@H]1CC[C@@H](C(=O)O)OC1)OCc1ccccc1. The van der Waals surface area contributed by atoms with Gasteiger partial charge in [0, 0.05) is 46.3 Å². The average Bonchev–Trinajstić information content (AvgIpc) is 3.24. The molecule has 0 aliphatic carbocycles. The topological polar surface area (TPSA) is 196 Å². The van der Waals surface area contributed by atoms with Gasteiger partial charge in [-0.3, -0.25) is 19.2 Å². The second-order valence-electron chi connectivity index (χ2n) is 14.9. The van der Waals surface area contributed by atoms with Crippen LogP contribution >= 0.6 is 0 Å². The lowest BCUT2D eigenvalue weighted by Crippen LogP contribution is -2.38. The van der Waals surface area contributed by atoms with Crippen molar-refractivity contribution < 1.29 is 62.2 Å². The maximum Gasteiger partial charge on any atom is 0.332 e. The Morgan fingerprint density at radius 2 is 1.02 bits per heavy atom. The highest BCUT2D eigenvalue weighted by atomic mass is 16.5. The van der Waals surface area contributed by atoms with Gasteiger partial charge in [0.25, 0.3) is 0 Å².